The molecule has 0 aromatic heterocycles. The van der Waals surface area contributed by atoms with E-state index in [2.05, 4.69) is 27.4 Å². The summed E-state index contributed by atoms with van der Waals surface area (Å²) in [5.74, 6) is 1.40. The second-order valence-corrected chi connectivity index (χ2v) is 5.75. The first-order valence-electron chi connectivity index (χ1n) is 6.35. The average molecular weight is 223 g/mol. The summed E-state index contributed by atoms with van der Waals surface area (Å²) in [6, 6.07) is 0. The lowest BCUT2D eigenvalue weighted by molar-refractivity contribution is -0.136. The van der Waals surface area contributed by atoms with Gasteiger partial charge in [-0.3, -0.25) is 4.79 Å². The van der Waals surface area contributed by atoms with Crippen molar-refractivity contribution in [3.8, 4) is 0 Å². The fraction of sp³-hybridized carbons (Fsp3) is 0.786. The Kier molecular flexibility index (Phi) is 4.17. The third-order valence-corrected chi connectivity index (χ3v) is 4.20. The molecular weight excluding hydrogens is 198 g/mol. The van der Waals surface area contributed by atoms with Crippen LogP contribution in [0.1, 0.15) is 46.5 Å². The second kappa shape index (κ2) is 5.03. The first-order chi connectivity index (χ1) is 7.44. The summed E-state index contributed by atoms with van der Waals surface area (Å²) in [6.07, 6.45) is 5.86. The minimum atomic E-state index is -0.340. The standard InChI is InChI=1S/C14H25NO/c1-5-8-14(13(15)16)9-11(4)6-7-12(14)10(2)3/h5,10-12H,1,6-9H2,2-4H3,(H2,15,16). The zero-order chi connectivity index (χ0) is 12.3. The minimum Gasteiger partial charge on any atom is -0.369 e. The monoisotopic (exact) mass is 223 g/mol. The van der Waals surface area contributed by atoms with E-state index in [-0.39, 0.29) is 11.3 Å². The highest BCUT2D eigenvalue weighted by Crippen LogP contribution is 2.49. The number of hydrogen-bond acceptors (Lipinski definition) is 1. The molecule has 0 aromatic carbocycles. The number of allylic oxidation sites excluding steroid dienone is 1. The number of hydrogen-bond donors (Lipinski definition) is 1. The van der Waals surface area contributed by atoms with Gasteiger partial charge in [0.15, 0.2) is 0 Å². The second-order valence-electron chi connectivity index (χ2n) is 5.75. The van der Waals surface area contributed by atoms with Gasteiger partial charge in [0, 0.05) is 0 Å². The van der Waals surface area contributed by atoms with E-state index in [9.17, 15) is 4.79 Å². The molecule has 3 atom stereocenters. The van der Waals surface area contributed by atoms with Gasteiger partial charge in [-0.15, -0.1) is 6.58 Å². The maximum atomic E-state index is 11.9. The number of carbonyl (C=O) groups excluding carboxylic acids is 1. The molecule has 2 N–H and O–H groups in total. The first-order valence-corrected chi connectivity index (χ1v) is 6.35. The van der Waals surface area contributed by atoms with Crippen LogP contribution >= 0.6 is 0 Å². The lowest BCUT2D eigenvalue weighted by Crippen LogP contribution is -2.48. The fourth-order valence-electron chi connectivity index (χ4n) is 3.46. The molecule has 92 valence electrons. The van der Waals surface area contributed by atoms with Gasteiger partial charge in [-0.2, -0.15) is 0 Å². The summed E-state index contributed by atoms with van der Waals surface area (Å²) in [6.45, 7) is 10.4. The van der Waals surface area contributed by atoms with Crippen molar-refractivity contribution in [1.29, 1.82) is 0 Å². The molecule has 0 spiro atoms. The summed E-state index contributed by atoms with van der Waals surface area (Å²) >= 11 is 0. The number of nitrogens with two attached hydrogens (primary N) is 1. The predicted molar refractivity (Wildman–Crippen MR) is 67.8 cm³/mol. The van der Waals surface area contributed by atoms with E-state index in [0.29, 0.717) is 17.8 Å². The highest BCUT2D eigenvalue weighted by Gasteiger charge is 2.47. The van der Waals surface area contributed by atoms with Crippen LogP contribution in [0.5, 0.6) is 0 Å². The van der Waals surface area contributed by atoms with Crippen LogP contribution in [-0.4, -0.2) is 5.91 Å². The van der Waals surface area contributed by atoms with Crippen molar-refractivity contribution in [2.45, 2.75) is 46.5 Å². The molecule has 0 saturated heterocycles. The summed E-state index contributed by atoms with van der Waals surface area (Å²) in [5.41, 5.74) is 5.35. The topological polar surface area (TPSA) is 43.1 Å². The summed E-state index contributed by atoms with van der Waals surface area (Å²) in [7, 11) is 0. The smallest absolute Gasteiger partial charge is 0.224 e. The van der Waals surface area contributed by atoms with Gasteiger partial charge in [-0.25, -0.2) is 0 Å². The Bertz CT molecular complexity index is 272. The van der Waals surface area contributed by atoms with Gasteiger partial charge in [-0.05, 0) is 37.0 Å². The van der Waals surface area contributed by atoms with E-state index in [4.69, 9.17) is 5.73 Å². The van der Waals surface area contributed by atoms with Crippen molar-refractivity contribution in [3.63, 3.8) is 0 Å². The third-order valence-electron chi connectivity index (χ3n) is 4.20. The Morgan fingerprint density at radius 2 is 2.19 bits per heavy atom. The van der Waals surface area contributed by atoms with Crippen LogP contribution in [-0.2, 0) is 4.79 Å². The molecular formula is C14H25NO. The molecule has 0 heterocycles. The number of rotatable bonds is 4. The fourth-order valence-corrected chi connectivity index (χ4v) is 3.46. The Morgan fingerprint density at radius 1 is 1.56 bits per heavy atom. The zero-order valence-electron chi connectivity index (χ0n) is 10.8. The highest BCUT2D eigenvalue weighted by molar-refractivity contribution is 5.81. The van der Waals surface area contributed by atoms with Crippen molar-refractivity contribution in [2.24, 2.45) is 28.9 Å². The van der Waals surface area contributed by atoms with E-state index < -0.39 is 0 Å². The molecule has 1 fully saturated rings. The molecule has 0 radical (unpaired) electrons. The van der Waals surface area contributed by atoms with Gasteiger partial charge in [0.2, 0.25) is 5.91 Å². The lowest BCUT2D eigenvalue weighted by atomic mass is 9.58. The van der Waals surface area contributed by atoms with Crippen molar-refractivity contribution in [2.75, 3.05) is 0 Å². The van der Waals surface area contributed by atoms with Crippen LogP contribution in [0.2, 0.25) is 0 Å². The van der Waals surface area contributed by atoms with Gasteiger partial charge in [-0.1, -0.05) is 33.3 Å². The quantitative estimate of drug-likeness (QED) is 0.731. The van der Waals surface area contributed by atoms with E-state index in [1.165, 1.54) is 6.42 Å². The first kappa shape index (κ1) is 13.3. The maximum Gasteiger partial charge on any atom is 0.224 e. The minimum absolute atomic E-state index is 0.127. The maximum absolute atomic E-state index is 11.9. The van der Waals surface area contributed by atoms with Crippen LogP contribution in [0.25, 0.3) is 0 Å². The van der Waals surface area contributed by atoms with Gasteiger partial charge in [0.25, 0.3) is 0 Å². The molecule has 2 heteroatoms. The predicted octanol–water partition coefficient (Wildman–Crippen LogP) is 3.13. The van der Waals surface area contributed by atoms with E-state index >= 15 is 0 Å². The van der Waals surface area contributed by atoms with Gasteiger partial charge < -0.3 is 5.73 Å². The molecule has 3 unspecified atom stereocenters. The molecule has 1 saturated carbocycles. The summed E-state index contributed by atoms with van der Waals surface area (Å²) in [5, 5.41) is 0. The number of amides is 1. The van der Waals surface area contributed by atoms with Crippen LogP contribution in [0.3, 0.4) is 0 Å². The third kappa shape index (κ3) is 2.31. The van der Waals surface area contributed by atoms with Crippen LogP contribution < -0.4 is 5.73 Å². The average Bonchev–Trinajstić information content (AvgIpc) is 2.17. The zero-order valence-corrected chi connectivity index (χ0v) is 10.8. The van der Waals surface area contributed by atoms with Crippen LogP contribution in [0.4, 0.5) is 0 Å². The number of carbonyl (C=O) groups is 1. The lowest BCUT2D eigenvalue weighted by Gasteiger charge is -2.46. The Labute approximate surface area is 99.3 Å². The van der Waals surface area contributed by atoms with E-state index in [1.807, 2.05) is 6.08 Å². The Balaban J connectivity index is 3.05. The molecule has 16 heavy (non-hydrogen) atoms. The number of primary amides is 1. The highest BCUT2D eigenvalue weighted by atomic mass is 16.1. The summed E-state index contributed by atoms with van der Waals surface area (Å²) < 4.78 is 0. The van der Waals surface area contributed by atoms with Crippen LogP contribution in [0, 0.1) is 23.2 Å². The summed E-state index contributed by atoms with van der Waals surface area (Å²) in [4.78, 5) is 11.9. The Hall–Kier alpha value is -0.790. The van der Waals surface area contributed by atoms with Crippen molar-refractivity contribution in [1.82, 2.24) is 0 Å². The molecule has 2 nitrogen and oxygen atoms in total. The van der Waals surface area contributed by atoms with Crippen molar-refractivity contribution in [3.05, 3.63) is 12.7 Å². The van der Waals surface area contributed by atoms with E-state index in [1.54, 1.807) is 0 Å². The molecule has 1 rings (SSSR count). The van der Waals surface area contributed by atoms with Gasteiger partial charge >= 0.3 is 0 Å². The molecule has 0 aromatic rings. The van der Waals surface area contributed by atoms with Gasteiger partial charge in [0.1, 0.15) is 0 Å². The normalized spacial score (nSPS) is 35.0. The molecule has 1 aliphatic carbocycles. The molecule has 0 aliphatic heterocycles. The largest absolute Gasteiger partial charge is 0.369 e. The van der Waals surface area contributed by atoms with Crippen molar-refractivity contribution >= 4 is 5.91 Å². The van der Waals surface area contributed by atoms with Gasteiger partial charge in [0.05, 0.1) is 5.41 Å². The Morgan fingerprint density at radius 3 is 2.62 bits per heavy atom. The molecule has 0 bridgehead atoms. The molecule has 1 amide bonds. The van der Waals surface area contributed by atoms with Crippen molar-refractivity contribution < 1.29 is 4.79 Å². The molecule has 1 aliphatic rings. The van der Waals surface area contributed by atoms with E-state index in [0.717, 1.165) is 19.3 Å². The van der Waals surface area contributed by atoms with Crippen LogP contribution in [0.15, 0.2) is 12.7 Å². The SMILES string of the molecule is C=CCC1(C(N)=O)CC(C)CCC1C(C)C.